The zero-order valence-corrected chi connectivity index (χ0v) is 19.9. The van der Waals surface area contributed by atoms with Crippen LogP contribution in [0.4, 0.5) is 0 Å². The molecule has 0 heterocycles. The average molecular weight is 432 g/mol. The van der Waals surface area contributed by atoms with Crippen LogP contribution in [-0.2, 0) is 32.7 Å². The van der Waals surface area contributed by atoms with Gasteiger partial charge in [-0.3, -0.25) is 4.79 Å². The smallest absolute Gasteiger partial charge is 0.309 e. The summed E-state index contributed by atoms with van der Waals surface area (Å²) >= 11 is 0. The van der Waals surface area contributed by atoms with Crippen LogP contribution in [-0.4, -0.2) is 28.0 Å². The van der Waals surface area contributed by atoms with Crippen LogP contribution in [0.1, 0.15) is 68.4 Å². The normalized spacial score (nSPS) is 22.8. The van der Waals surface area contributed by atoms with Crippen LogP contribution in [0.25, 0.3) is 0 Å². The van der Waals surface area contributed by atoms with E-state index >= 15 is 0 Å². The molecule has 5 heteroatoms. The number of hydrogen-bond donors (Lipinski definition) is 0. The Balaban J connectivity index is 1.54. The molecule has 1 spiro atoms. The molecule has 168 valence electrons. The van der Waals surface area contributed by atoms with Crippen molar-refractivity contribution < 1.29 is 19.0 Å². The van der Waals surface area contributed by atoms with E-state index in [2.05, 4.69) is 39.0 Å². The van der Waals surface area contributed by atoms with E-state index in [-0.39, 0.29) is 28.8 Å². The number of carbonyl (C=O) groups is 1. The van der Waals surface area contributed by atoms with Gasteiger partial charge in [0.2, 0.25) is 0 Å². The number of esters is 1. The van der Waals surface area contributed by atoms with E-state index in [1.165, 1.54) is 18.2 Å². The van der Waals surface area contributed by atoms with Gasteiger partial charge in [0.15, 0.2) is 0 Å². The third-order valence-electron chi connectivity index (χ3n) is 7.11. The van der Waals surface area contributed by atoms with E-state index < -0.39 is 0 Å². The van der Waals surface area contributed by atoms with Crippen molar-refractivity contribution >= 4 is 19.3 Å². The summed E-state index contributed by atoms with van der Waals surface area (Å²) in [5.41, 5.74) is 5.23. The highest BCUT2D eigenvalue weighted by Crippen LogP contribution is 2.61. The van der Waals surface area contributed by atoms with Gasteiger partial charge >= 0.3 is 5.97 Å². The van der Waals surface area contributed by atoms with E-state index in [0.29, 0.717) is 6.61 Å². The molecule has 0 unspecified atom stereocenters. The average Bonchev–Trinajstić information content (AvgIpc) is 3.48. The lowest BCUT2D eigenvalue weighted by molar-refractivity contribution is -0.142. The molecule has 0 amide bonds. The SMILES string of the molecule is [B]c1ccc(COc2ccc3c(c2)[C@@]2(CCC3)C[C@@H]2C(=O)OC)cc1[C@H](OC)C(C)(C)C. The van der Waals surface area contributed by atoms with E-state index in [1.54, 1.807) is 7.11 Å². The molecule has 4 rings (SSSR count). The van der Waals surface area contributed by atoms with Gasteiger partial charge in [-0.25, -0.2) is 0 Å². The van der Waals surface area contributed by atoms with Crippen LogP contribution in [0, 0.1) is 11.3 Å². The molecule has 2 aliphatic carbocycles. The van der Waals surface area contributed by atoms with Gasteiger partial charge < -0.3 is 14.2 Å². The van der Waals surface area contributed by atoms with Crippen molar-refractivity contribution in [2.24, 2.45) is 11.3 Å². The summed E-state index contributed by atoms with van der Waals surface area (Å²) in [6, 6.07) is 12.4. The number of fused-ring (bicyclic) bond motifs is 2. The van der Waals surface area contributed by atoms with Gasteiger partial charge in [0.05, 0.1) is 19.1 Å². The molecule has 1 fully saturated rings. The van der Waals surface area contributed by atoms with E-state index in [4.69, 9.17) is 22.1 Å². The summed E-state index contributed by atoms with van der Waals surface area (Å²) < 4.78 is 17.0. The van der Waals surface area contributed by atoms with Crippen molar-refractivity contribution in [3.05, 3.63) is 58.7 Å². The molecule has 0 aliphatic heterocycles. The second kappa shape index (κ2) is 8.59. The molecule has 4 nitrogen and oxygen atoms in total. The number of aryl methyl sites for hydroxylation is 1. The minimum atomic E-state index is -0.101. The number of rotatable bonds is 6. The molecular weight excluding hydrogens is 399 g/mol. The van der Waals surface area contributed by atoms with Crippen molar-refractivity contribution in [2.75, 3.05) is 14.2 Å². The van der Waals surface area contributed by atoms with Gasteiger partial charge in [-0.05, 0) is 65.5 Å². The summed E-state index contributed by atoms with van der Waals surface area (Å²) in [7, 11) is 9.47. The highest BCUT2D eigenvalue weighted by molar-refractivity contribution is 6.33. The fourth-order valence-corrected chi connectivity index (χ4v) is 5.44. The molecule has 3 atom stereocenters. The first-order valence-corrected chi connectivity index (χ1v) is 11.4. The van der Waals surface area contributed by atoms with Crippen molar-refractivity contribution in [3.8, 4) is 5.75 Å². The van der Waals surface area contributed by atoms with Crippen molar-refractivity contribution in [3.63, 3.8) is 0 Å². The third-order valence-corrected chi connectivity index (χ3v) is 7.11. The Morgan fingerprint density at radius 3 is 2.66 bits per heavy atom. The van der Waals surface area contributed by atoms with Gasteiger partial charge in [-0.2, -0.15) is 0 Å². The summed E-state index contributed by atoms with van der Waals surface area (Å²) in [5, 5.41) is 0. The Morgan fingerprint density at radius 2 is 1.97 bits per heavy atom. The summed E-state index contributed by atoms with van der Waals surface area (Å²) in [4.78, 5) is 12.2. The molecule has 2 aliphatic rings. The topological polar surface area (TPSA) is 44.8 Å². The first-order valence-electron chi connectivity index (χ1n) is 11.4. The minimum absolute atomic E-state index is 0.0233. The molecule has 0 saturated heterocycles. The Bertz CT molecular complexity index is 1010. The van der Waals surface area contributed by atoms with Gasteiger partial charge in [-0.1, -0.05) is 50.5 Å². The maximum absolute atomic E-state index is 12.2. The Kier molecular flexibility index (Phi) is 6.15. The first kappa shape index (κ1) is 22.9. The third kappa shape index (κ3) is 4.20. The fraction of sp³-hybridized carbons (Fsp3) is 0.519. The summed E-state index contributed by atoms with van der Waals surface area (Å²) in [5.74, 6) is 0.716. The molecule has 0 aromatic heterocycles. The largest absolute Gasteiger partial charge is 0.489 e. The number of ether oxygens (including phenoxy) is 3. The zero-order chi connectivity index (χ0) is 23.1. The van der Waals surface area contributed by atoms with Gasteiger partial charge in [0.1, 0.15) is 20.2 Å². The van der Waals surface area contributed by atoms with Crippen molar-refractivity contribution in [2.45, 2.75) is 64.6 Å². The van der Waals surface area contributed by atoms with Gasteiger partial charge in [0, 0.05) is 12.5 Å². The van der Waals surface area contributed by atoms with Crippen LogP contribution in [0.15, 0.2) is 36.4 Å². The molecule has 2 radical (unpaired) electrons. The van der Waals surface area contributed by atoms with E-state index in [1.807, 2.05) is 18.2 Å². The second-order valence-corrected chi connectivity index (χ2v) is 10.3. The maximum atomic E-state index is 12.2. The summed E-state index contributed by atoms with van der Waals surface area (Å²) in [6.45, 7) is 6.88. The lowest BCUT2D eigenvalue weighted by Gasteiger charge is -2.31. The quantitative estimate of drug-likeness (QED) is 0.496. The first-order chi connectivity index (χ1) is 15.2. The fourth-order valence-electron chi connectivity index (χ4n) is 5.44. The molecular formula is C27H33BO4. The monoisotopic (exact) mass is 432 g/mol. The lowest BCUT2D eigenvalue weighted by atomic mass is 9.78. The van der Waals surface area contributed by atoms with Crippen molar-refractivity contribution in [1.29, 1.82) is 0 Å². The van der Waals surface area contributed by atoms with Gasteiger partial charge in [0.25, 0.3) is 0 Å². The molecule has 1 saturated carbocycles. The van der Waals surface area contributed by atoms with E-state index in [0.717, 1.165) is 48.0 Å². The van der Waals surface area contributed by atoms with Crippen LogP contribution < -0.4 is 10.2 Å². The van der Waals surface area contributed by atoms with Crippen LogP contribution >= 0.6 is 0 Å². The Labute approximate surface area is 193 Å². The maximum Gasteiger partial charge on any atom is 0.309 e. The number of carbonyl (C=O) groups excluding carboxylic acids is 1. The highest BCUT2D eigenvalue weighted by atomic mass is 16.5. The second-order valence-electron chi connectivity index (χ2n) is 10.3. The molecule has 0 bridgehead atoms. The molecule has 32 heavy (non-hydrogen) atoms. The van der Waals surface area contributed by atoms with Crippen molar-refractivity contribution in [1.82, 2.24) is 0 Å². The highest BCUT2D eigenvalue weighted by Gasteiger charge is 2.61. The number of benzene rings is 2. The predicted molar refractivity (Wildman–Crippen MR) is 127 cm³/mol. The van der Waals surface area contributed by atoms with Crippen LogP contribution in [0.5, 0.6) is 5.75 Å². The Hall–Kier alpha value is -2.27. The van der Waals surface area contributed by atoms with E-state index in [9.17, 15) is 4.79 Å². The standard InChI is InChI=1S/C27H33BO4/c1-26(2,3)24(30-4)20-13-17(8-11-23(20)28)16-32-19-10-9-18-7-6-12-27(21(18)14-19)15-22(27)25(29)31-5/h8-11,13-14,22,24H,6-7,12,15-16H2,1-5H3/t22-,24+,27-/m1/s1. The minimum Gasteiger partial charge on any atom is -0.489 e. The van der Waals surface area contributed by atoms with Crippen LogP contribution in [0.2, 0.25) is 0 Å². The predicted octanol–water partition coefficient (Wildman–Crippen LogP) is 4.56. The summed E-state index contributed by atoms with van der Waals surface area (Å²) in [6.07, 6.45) is 3.98. The van der Waals surface area contributed by atoms with Crippen LogP contribution in [0.3, 0.4) is 0 Å². The van der Waals surface area contributed by atoms with Gasteiger partial charge in [-0.15, -0.1) is 0 Å². The Morgan fingerprint density at radius 1 is 1.19 bits per heavy atom. The number of methoxy groups -OCH3 is 2. The lowest BCUT2D eigenvalue weighted by Crippen LogP contribution is -2.26. The number of hydrogen-bond acceptors (Lipinski definition) is 4. The zero-order valence-electron chi connectivity index (χ0n) is 19.9. The molecule has 0 N–H and O–H groups in total. The molecule has 2 aromatic carbocycles. The molecule has 2 aromatic rings.